The van der Waals surface area contributed by atoms with Crippen molar-refractivity contribution in [2.75, 3.05) is 20.2 Å². The van der Waals surface area contributed by atoms with Crippen LogP contribution in [-0.4, -0.2) is 36.2 Å². The van der Waals surface area contributed by atoms with Gasteiger partial charge in [-0.1, -0.05) is 11.6 Å². The Hall–Kier alpha value is -1.26. The maximum Gasteiger partial charge on any atom is 0.306 e. The molecule has 1 fully saturated rings. The van der Waals surface area contributed by atoms with Crippen LogP contribution in [0.5, 0.6) is 5.75 Å². The van der Waals surface area contributed by atoms with Gasteiger partial charge in [-0.15, -0.1) is 0 Å². The van der Waals surface area contributed by atoms with E-state index in [2.05, 4.69) is 4.90 Å². The van der Waals surface area contributed by atoms with Crippen molar-refractivity contribution in [3.63, 3.8) is 0 Å². The van der Waals surface area contributed by atoms with Crippen molar-refractivity contribution in [3.8, 4) is 5.75 Å². The zero-order valence-electron chi connectivity index (χ0n) is 11.9. The van der Waals surface area contributed by atoms with Crippen LogP contribution in [0.2, 0.25) is 5.02 Å². The fourth-order valence-electron chi connectivity index (χ4n) is 2.79. The summed E-state index contributed by atoms with van der Waals surface area (Å²) in [5.41, 5.74) is 2.08. The minimum Gasteiger partial charge on any atom is -0.496 e. The summed E-state index contributed by atoms with van der Waals surface area (Å²) in [6, 6.07) is 3.82. The maximum absolute atomic E-state index is 11.0. The van der Waals surface area contributed by atoms with Crippen molar-refractivity contribution >= 4 is 17.6 Å². The van der Waals surface area contributed by atoms with E-state index >= 15 is 0 Å². The van der Waals surface area contributed by atoms with Gasteiger partial charge in [0.15, 0.2) is 0 Å². The summed E-state index contributed by atoms with van der Waals surface area (Å²) < 4.78 is 5.45. The van der Waals surface area contributed by atoms with Gasteiger partial charge in [0.05, 0.1) is 13.0 Å². The Balaban J connectivity index is 2.06. The highest BCUT2D eigenvalue weighted by Crippen LogP contribution is 2.29. The minimum atomic E-state index is -0.680. The first-order chi connectivity index (χ1) is 9.51. The van der Waals surface area contributed by atoms with Crippen LogP contribution in [0.3, 0.4) is 0 Å². The number of aryl methyl sites for hydroxylation is 1. The lowest BCUT2D eigenvalue weighted by Crippen LogP contribution is -2.35. The van der Waals surface area contributed by atoms with Crippen LogP contribution in [0.15, 0.2) is 12.1 Å². The molecule has 1 aliphatic rings. The van der Waals surface area contributed by atoms with Crippen LogP contribution >= 0.6 is 11.6 Å². The van der Waals surface area contributed by atoms with E-state index in [4.69, 9.17) is 21.4 Å². The highest BCUT2D eigenvalue weighted by molar-refractivity contribution is 6.30. The number of nitrogens with zero attached hydrogens (tertiary/aromatic N) is 1. The van der Waals surface area contributed by atoms with Gasteiger partial charge < -0.3 is 9.84 Å². The number of carbonyl (C=O) groups is 1. The number of hydrogen-bond acceptors (Lipinski definition) is 3. The molecular weight excluding hydrogens is 278 g/mol. The predicted octanol–water partition coefficient (Wildman–Crippen LogP) is 2.95. The molecule has 1 aromatic carbocycles. The van der Waals surface area contributed by atoms with Crippen LogP contribution < -0.4 is 4.74 Å². The molecule has 1 saturated heterocycles. The number of halogens is 1. The highest BCUT2D eigenvalue weighted by atomic mass is 35.5. The van der Waals surface area contributed by atoms with Crippen LogP contribution in [0.4, 0.5) is 0 Å². The molecule has 0 aromatic heterocycles. The van der Waals surface area contributed by atoms with E-state index in [-0.39, 0.29) is 5.92 Å². The summed E-state index contributed by atoms with van der Waals surface area (Å²) in [6.07, 6.45) is 1.41. The molecule has 0 atom stereocenters. The van der Waals surface area contributed by atoms with Crippen LogP contribution in [0.25, 0.3) is 0 Å². The number of carboxylic acids is 1. The van der Waals surface area contributed by atoms with Crippen molar-refractivity contribution < 1.29 is 14.6 Å². The Morgan fingerprint density at radius 2 is 2.10 bits per heavy atom. The molecule has 2 rings (SSSR count). The first kappa shape index (κ1) is 15.1. The SMILES string of the molecule is COc1c(C)cc(Cl)cc1CN1CCC(C(=O)O)CC1. The lowest BCUT2D eigenvalue weighted by molar-refractivity contribution is -0.143. The van der Waals surface area contributed by atoms with Gasteiger partial charge in [0.1, 0.15) is 5.75 Å². The van der Waals surface area contributed by atoms with E-state index in [1.54, 1.807) is 7.11 Å². The summed E-state index contributed by atoms with van der Waals surface area (Å²) in [5, 5.41) is 9.72. The van der Waals surface area contributed by atoms with Crippen molar-refractivity contribution in [2.45, 2.75) is 26.3 Å². The molecule has 1 aliphatic heterocycles. The van der Waals surface area contributed by atoms with Crippen molar-refractivity contribution in [2.24, 2.45) is 5.92 Å². The van der Waals surface area contributed by atoms with Gasteiger partial charge in [0.25, 0.3) is 0 Å². The van der Waals surface area contributed by atoms with Gasteiger partial charge in [-0.25, -0.2) is 0 Å². The Morgan fingerprint density at radius 3 is 2.65 bits per heavy atom. The van der Waals surface area contributed by atoms with Crippen molar-refractivity contribution in [1.29, 1.82) is 0 Å². The Bertz CT molecular complexity index is 496. The van der Waals surface area contributed by atoms with Crippen LogP contribution in [-0.2, 0) is 11.3 Å². The van der Waals surface area contributed by atoms with Gasteiger partial charge in [-0.05, 0) is 50.6 Å². The zero-order valence-corrected chi connectivity index (χ0v) is 12.6. The van der Waals surface area contributed by atoms with E-state index in [0.29, 0.717) is 17.9 Å². The second-order valence-electron chi connectivity index (χ2n) is 5.30. The molecule has 0 unspecified atom stereocenters. The van der Waals surface area contributed by atoms with Crippen LogP contribution in [0, 0.1) is 12.8 Å². The minimum absolute atomic E-state index is 0.200. The smallest absolute Gasteiger partial charge is 0.306 e. The number of ether oxygens (including phenoxy) is 1. The molecule has 0 radical (unpaired) electrons. The molecule has 0 amide bonds. The first-order valence-corrected chi connectivity index (χ1v) is 7.17. The molecule has 0 saturated carbocycles. The molecule has 1 N–H and O–H groups in total. The summed E-state index contributed by atoms with van der Waals surface area (Å²) in [4.78, 5) is 13.2. The molecule has 20 heavy (non-hydrogen) atoms. The zero-order chi connectivity index (χ0) is 14.7. The fraction of sp³-hybridized carbons (Fsp3) is 0.533. The fourth-order valence-corrected chi connectivity index (χ4v) is 3.08. The molecule has 4 nitrogen and oxygen atoms in total. The number of carboxylic acid groups (broad SMARTS) is 1. The van der Waals surface area contributed by atoms with E-state index in [1.807, 2.05) is 19.1 Å². The average molecular weight is 298 g/mol. The number of likely N-dealkylation sites (tertiary alicyclic amines) is 1. The number of hydrogen-bond donors (Lipinski definition) is 1. The maximum atomic E-state index is 11.0. The van der Waals surface area contributed by atoms with E-state index in [1.165, 1.54) is 0 Å². The molecule has 1 heterocycles. The lowest BCUT2D eigenvalue weighted by Gasteiger charge is -2.30. The van der Waals surface area contributed by atoms with Gasteiger partial charge in [-0.3, -0.25) is 9.69 Å². The Labute approximate surface area is 124 Å². The predicted molar refractivity (Wildman–Crippen MR) is 78.4 cm³/mol. The molecule has 0 spiro atoms. The third-order valence-electron chi connectivity index (χ3n) is 3.85. The number of piperidine rings is 1. The number of aliphatic carboxylic acids is 1. The first-order valence-electron chi connectivity index (χ1n) is 6.79. The van der Waals surface area contributed by atoms with E-state index in [0.717, 1.165) is 36.5 Å². The molecule has 1 aromatic rings. The second kappa shape index (κ2) is 6.46. The van der Waals surface area contributed by atoms with Gasteiger partial charge >= 0.3 is 5.97 Å². The third-order valence-corrected chi connectivity index (χ3v) is 4.07. The molecule has 110 valence electrons. The topological polar surface area (TPSA) is 49.8 Å². The molecule has 0 bridgehead atoms. The average Bonchev–Trinajstić information content (AvgIpc) is 2.39. The third kappa shape index (κ3) is 3.44. The van der Waals surface area contributed by atoms with Gasteiger partial charge in [-0.2, -0.15) is 0 Å². The van der Waals surface area contributed by atoms with Gasteiger partial charge in [0.2, 0.25) is 0 Å². The lowest BCUT2D eigenvalue weighted by atomic mass is 9.96. The number of methoxy groups -OCH3 is 1. The summed E-state index contributed by atoms with van der Waals surface area (Å²) >= 11 is 6.11. The Kier molecular flexibility index (Phi) is 4.89. The standard InChI is InChI=1S/C15H20ClNO3/c1-10-7-13(16)8-12(14(10)20-2)9-17-5-3-11(4-6-17)15(18)19/h7-8,11H,3-6,9H2,1-2H3,(H,18,19). The van der Waals surface area contributed by atoms with E-state index < -0.39 is 5.97 Å². The monoisotopic (exact) mass is 297 g/mol. The number of rotatable bonds is 4. The second-order valence-corrected chi connectivity index (χ2v) is 5.74. The molecule has 0 aliphatic carbocycles. The Morgan fingerprint density at radius 1 is 1.45 bits per heavy atom. The number of benzene rings is 1. The van der Waals surface area contributed by atoms with E-state index in [9.17, 15) is 4.79 Å². The summed E-state index contributed by atoms with van der Waals surface area (Å²) in [6.45, 7) is 4.32. The highest BCUT2D eigenvalue weighted by Gasteiger charge is 2.25. The van der Waals surface area contributed by atoms with Crippen LogP contribution in [0.1, 0.15) is 24.0 Å². The quantitative estimate of drug-likeness (QED) is 0.928. The molecular formula is C15H20ClNO3. The molecule has 5 heteroatoms. The largest absolute Gasteiger partial charge is 0.496 e. The summed E-state index contributed by atoms with van der Waals surface area (Å²) in [7, 11) is 1.66. The normalized spacial score (nSPS) is 17.1. The van der Waals surface area contributed by atoms with Crippen molar-refractivity contribution in [1.82, 2.24) is 4.90 Å². The summed E-state index contributed by atoms with van der Waals surface area (Å²) in [5.74, 6) is -0.00942. The van der Waals surface area contributed by atoms with Crippen molar-refractivity contribution in [3.05, 3.63) is 28.3 Å². The van der Waals surface area contributed by atoms with Gasteiger partial charge in [0, 0.05) is 17.1 Å².